The monoisotopic (exact) mass is 988 g/mol. The molecule has 0 fully saturated rings. The van der Waals surface area contributed by atoms with Crippen LogP contribution in [0.3, 0.4) is 0 Å². The van der Waals surface area contributed by atoms with Crippen molar-refractivity contribution in [3.63, 3.8) is 0 Å². The molecule has 0 aromatic heterocycles. The lowest BCUT2D eigenvalue weighted by Crippen LogP contribution is -2.45. The number of esters is 1. The molecule has 2 unspecified atom stereocenters. The van der Waals surface area contributed by atoms with Crippen molar-refractivity contribution in [2.45, 2.75) is 373 Å². The summed E-state index contributed by atoms with van der Waals surface area (Å²) in [7, 11) is 0. The Labute approximate surface area is 438 Å². The lowest BCUT2D eigenvalue weighted by atomic mass is 10.0. The molecule has 0 radical (unpaired) electrons. The van der Waals surface area contributed by atoms with Crippen LogP contribution in [0.5, 0.6) is 0 Å². The van der Waals surface area contributed by atoms with Crippen LogP contribution in [0.2, 0.25) is 0 Å². The predicted octanol–water partition coefficient (Wildman–Crippen LogP) is 20.0. The van der Waals surface area contributed by atoms with E-state index in [0.717, 1.165) is 44.9 Å². The van der Waals surface area contributed by atoms with Crippen LogP contribution in [0.1, 0.15) is 361 Å². The van der Waals surface area contributed by atoms with Gasteiger partial charge >= 0.3 is 5.97 Å². The van der Waals surface area contributed by atoms with Crippen LogP contribution in [0, 0.1) is 0 Å². The van der Waals surface area contributed by atoms with Crippen LogP contribution in [-0.4, -0.2) is 47.4 Å². The van der Waals surface area contributed by atoms with Crippen molar-refractivity contribution >= 4 is 11.9 Å². The highest BCUT2D eigenvalue weighted by molar-refractivity contribution is 5.76. The van der Waals surface area contributed by atoms with Crippen molar-refractivity contribution in [3.8, 4) is 0 Å². The van der Waals surface area contributed by atoms with E-state index in [0.29, 0.717) is 25.9 Å². The van der Waals surface area contributed by atoms with E-state index in [2.05, 4.69) is 31.3 Å². The molecular weight excluding hydrogens is 863 g/mol. The molecule has 1 amide bonds. The number of rotatable bonds is 60. The molecule has 0 saturated carbocycles. The van der Waals surface area contributed by atoms with Gasteiger partial charge in [-0.1, -0.05) is 309 Å². The van der Waals surface area contributed by atoms with Gasteiger partial charge < -0.3 is 20.3 Å². The number of carbonyl (C=O) groups is 2. The van der Waals surface area contributed by atoms with E-state index >= 15 is 0 Å². The molecule has 416 valence electrons. The Morgan fingerprint density at radius 1 is 0.386 bits per heavy atom. The average Bonchev–Trinajstić information content (AvgIpc) is 3.36. The Morgan fingerprint density at radius 3 is 1.01 bits per heavy atom. The van der Waals surface area contributed by atoms with Gasteiger partial charge in [0.2, 0.25) is 5.91 Å². The van der Waals surface area contributed by atoms with Gasteiger partial charge in [0.15, 0.2) is 0 Å². The van der Waals surface area contributed by atoms with E-state index in [1.165, 1.54) is 283 Å². The molecule has 6 heteroatoms. The first-order chi connectivity index (χ1) is 34.5. The first kappa shape index (κ1) is 68.6. The van der Waals surface area contributed by atoms with Crippen LogP contribution in [0.25, 0.3) is 0 Å². The highest BCUT2D eigenvalue weighted by Crippen LogP contribution is 2.18. The minimum atomic E-state index is -0.662. The highest BCUT2D eigenvalue weighted by Gasteiger charge is 2.20. The zero-order valence-electron chi connectivity index (χ0n) is 47.5. The second-order valence-electron chi connectivity index (χ2n) is 22.1. The van der Waals surface area contributed by atoms with Crippen molar-refractivity contribution in [2.24, 2.45) is 0 Å². The summed E-state index contributed by atoms with van der Waals surface area (Å²) in [6.45, 7) is 4.97. The molecule has 2 atom stereocenters. The van der Waals surface area contributed by atoms with Gasteiger partial charge in [0.25, 0.3) is 0 Å². The van der Waals surface area contributed by atoms with E-state index in [1.54, 1.807) is 0 Å². The number of hydrogen-bond acceptors (Lipinski definition) is 5. The van der Waals surface area contributed by atoms with Crippen LogP contribution in [0.4, 0.5) is 0 Å². The van der Waals surface area contributed by atoms with Gasteiger partial charge in [-0.2, -0.15) is 0 Å². The lowest BCUT2D eigenvalue weighted by molar-refractivity contribution is -0.143. The van der Waals surface area contributed by atoms with Gasteiger partial charge in [0.05, 0.1) is 25.4 Å². The van der Waals surface area contributed by atoms with E-state index in [4.69, 9.17) is 4.74 Å². The molecule has 0 aliphatic heterocycles. The van der Waals surface area contributed by atoms with Gasteiger partial charge in [0.1, 0.15) is 0 Å². The first-order valence-electron chi connectivity index (χ1n) is 31.9. The second-order valence-corrected chi connectivity index (χ2v) is 22.1. The summed E-state index contributed by atoms with van der Waals surface area (Å²) in [4.78, 5) is 24.5. The molecule has 0 spiro atoms. The molecule has 0 heterocycles. The van der Waals surface area contributed by atoms with Crippen LogP contribution >= 0.6 is 0 Å². The summed E-state index contributed by atoms with van der Waals surface area (Å²) in [5, 5.41) is 23.3. The van der Waals surface area contributed by atoms with Gasteiger partial charge in [-0.3, -0.25) is 9.59 Å². The van der Waals surface area contributed by atoms with Crippen LogP contribution in [-0.2, 0) is 14.3 Å². The Morgan fingerprint density at radius 2 is 0.671 bits per heavy atom. The van der Waals surface area contributed by atoms with Crippen molar-refractivity contribution in [1.29, 1.82) is 0 Å². The third-order valence-electron chi connectivity index (χ3n) is 15.1. The molecule has 0 bridgehead atoms. The van der Waals surface area contributed by atoms with Gasteiger partial charge in [-0.25, -0.2) is 0 Å². The maximum absolute atomic E-state index is 12.5. The molecule has 0 saturated heterocycles. The van der Waals surface area contributed by atoms with Gasteiger partial charge in [-0.15, -0.1) is 0 Å². The third-order valence-corrected chi connectivity index (χ3v) is 15.1. The number of carbonyl (C=O) groups excluding carboxylic acids is 2. The van der Waals surface area contributed by atoms with E-state index in [1.807, 2.05) is 0 Å². The maximum Gasteiger partial charge on any atom is 0.305 e. The predicted molar refractivity (Wildman–Crippen MR) is 306 cm³/mol. The number of amides is 1. The molecule has 0 aromatic carbocycles. The highest BCUT2D eigenvalue weighted by atomic mass is 16.5. The van der Waals surface area contributed by atoms with Crippen LogP contribution < -0.4 is 5.32 Å². The fraction of sp³-hybridized carbons (Fsp3) is 0.938. The normalized spacial score (nSPS) is 12.6. The topological polar surface area (TPSA) is 95.9 Å². The fourth-order valence-electron chi connectivity index (χ4n) is 10.2. The lowest BCUT2D eigenvalue weighted by Gasteiger charge is -2.22. The van der Waals surface area contributed by atoms with Crippen molar-refractivity contribution in [1.82, 2.24) is 5.32 Å². The van der Waals surface area contributed by atoms with E-state index < -0.39 is 12.1 Å². The standard InChI is InChI=1S/C64H125NO5/c1-3-5-7-9-11-13-15-17-18-30-34-38-42-46-50-54-58-64(69)70-59-55-51-47-43-39-35-31-28-26-24-22-20-19-21-23-25-27-29-33-37-41-45-49-53-57-63(68)65-61(60-66)62(67)56-52-48-44-40-36-32-16-14-12-10-8-6-4-2/h18,30,61-62,66-67H,3-17,19-29,31-60H2,1-2H3,(H,65,68)/b30-18-. The SMILES string of the molecule is CCCCCCCCC/C=C\CCCCCCCC(=O)OCCCCCCCCCCCCCCCCCCCCCCCCCCC(=O)NC(CO)C(O)CCCCCCCCCCCCCCC. The molecule has 0 rings (SSSR count). The van der Waals surface area contributed by atoms with Crippen molar-refractivity contribution in [2.75, 3.05) is 13.2 Å². The molecular formula is C64H125NO5. The summed E-state index contributed by atoms with van der Waals surface area (Å²) < 4.78 is 5.49. The molecule has 0 aliphatic carbocycles. The number of unbranched alkanes of at least 4 members (excludes halogenated alkanes) is 47. The smallest absolute Gasteiger partial charge is 0.305 e. The Balaban J connectivity index is 3.34. The minimum Gasteiger partial charge on any atom is -0.466 e. The average molecular weight is 989 g/mol. The van der Waals surface area contributed by atoms with E-state index in [-0.39, 0.29) is 18.5 Å². The largest absolute Gasteiger partial charge is 0.466 e. The number of aliphatic hydroxyl groups excluding tert-OH is 2. The minimum absolute atomic E-state index is 0.00878. The van der Waals surface area contributed by atoms with Gasteiger partial charge in [0, 0.05) is 12.8 Å². The second kappa shape index (κ2) is 60.2. The molecule has 6 nitrogen and oxygen atoms in total. The molecule has 0 aliphatic rings. The number of allylic oxidation sites excluding steroid dienone is 2. The molecule has 0 aromatic rings. The number of aliphatic hydroxyl groups is 2. The van der Waals surface area contributed by atoms with E-state index in [9.17, 15) is 19.8 Å². The Hall–Kier alpha value is -1.40. The fourth-order valence-corrected chi connectivity index (χ4v) is 10.2. The van der Waals surface area contributed by atoms with Crippen molar-refractivity contribution in [3.05, 3.63) is 12.2 Å². The van der Waals surface area contributed by atoms with Gasteiger partial charge in [-0.05, 0) is 51.4 Å². The summed E-state index contributed by atoms with van der Waals surface area (Å²) in [6.07, 6.45) is 72.3. The summed E-state index contributed by atoms with van der Waals surface area (Å²) in [6, 6.07) is -0.539. The summed E-state index contributed by atoms with van der Waals surface area (Å²) >= 11 is 0. The quantitative estimate of drug-likeness (QED) is 0.0321. The zero-order valence-corrected chi connectivity index (χ0v) is 47.5. The van der Waals surface area contributed by atoms with Crippen LogP contribution in [0.15, 0.2) is 12.2 Å². The summed E-state index contributed by atoms with van der Waals surface area (Å²) in [5.74, 6) is -0.0233. The van der Waals surface area contributed by atoms with Crippen molar-refractivity contribution < 1.29 is 24.5 Å². The third kappa shape index (κ3) is 55.9. The summed E-state index contributed by atoms with van der Waals surface area (Å²) in [5.41, 5.74) is 0. The number of ether oxygens (including phenoxy) is 1. The Kier molecular flexibility index (Phi) is 59.0. The number of nitrogens with one attached hydrogen (secondary N) is 1. The molecule has 70 heavy (non-hydrogen) atoms. The Bertz CT molecular complexity index is 1050. The molecule has 3 N–H and O–H groups in total. The maximum atomic E-state index is 12.5. The zero-order chi connectivity index (χ0) is 50.7. The first-order valence-corrected chi connectivity index (χ1v) is 31.9. The number of hydrogen-bond donors (Lipinski definition) is 3.